The second-order valence-electron chi connectivity index (χ2n) is 4.88. The summed E-state index contributed by atoms with van der Waals surface area (Å²) in [6, 6.07) is 9.03. The maximum Gasteiger partial charge on any atom is 0.0877 e. The predicted octanol–water partition coefficient (Wildman–Crippen LogP) is 5.26. The third kappa shape index (κ3) is 3.65. The van der Waals surface area contributed by atoms with E-state index in [2.05, 4.69) is 4.98 Å². The van der Waals surface area contributed by atoms with Crippen LogP contribution >= 0.6 is 23.2 Å². The van der Waals surface area contributed by atoms with E-state index in [1.165, 1.54) is 0 Å². The number of rotatable bonds is 4. The Labute approximate surface area is 135 Å². The Morgan fingerprint density at radius 1 is 1.19 bits per heavy atom. The van der Waals surface area contributed by atoms with Crippen LogP contribution in [0.3, 0.4) is 0 Å². The summed E-state index contributed by atoms with van der Waals surface area (Å²) >= 11 is 12.2. The summed E-state index contributed by atoms with van der Waals surface area (Å²) in [5.41, 5.74) is 2.42. The van der Waals surface area contributed by atoms with Crippen molar-refractivity contribution in [2.24, 2.45) is 0 Å². The van der Waals surface area contributed by atoms with Gasteiger partial charge in [-0.25, -0.2) is 0 Å². The van der Waals surface area contributed by atoms with Crippen LogP contribution in [0.25, 0.3) is 6.08 Å². The van der Waals surface area contributed by atoms with E-state index in [1.807, 2.05) is 44.2 Å². The fourth-order valence-corrected chi connectivity index (χ4v) is 2.87. The molecular weight excluding hydrogens is 305 g/mol. The lowest BCUT2D eigenvalue weighted by molar-refractivity contribution is 0.151. The average Bonchev–Trinajstić information content (AvgIpc) is 2.47. The third-order valence-electron chi connectivity index (χ3n) is 3.44. The lowest BCUT2D eigenvalue weighted by Crippen LogP contribution is -2.10. The average molecular weight is 322 g/mol. The fourth-order valence-electron chi connectivity index (χ4n) is 2.29. The Morgan fingerprint density at radius 3 is 2.62 bits per heavy atom. The first kappa shape index (κ1) is 16.0. The van der Waals surface area contributed by atoms with Crippen molar-refractivity contribution in [3.05, 3.63) is 69.5 Å². The van der Waals surface area contributed by atoms with Crippen molar-refractivity contribution in [1.29, 1.82) is 0 Å². The van der Waals surface area contributed by atoms with Crippen LogP contribution in [0.2, 0.25) is 10.0 Å². The molecule has 0 bridgehead atoms. The van der Waals surface area contributed by atoms with Gasteiger partial charge in [0.15, 0.2) is 0 Å². The number of aliphatic hydroxyl groups excluding tert-OH is 1. The van der Waals surface area contributed by atoms with Crippen molar-refractivity contribution in [2.75, 3.05) is 0 Å². The first-order valence-corrected chi connectivity index (χ1v) is 7.50. The molecule has 1 heterocycles. The van der Waals surface area contributed by atoms with E-state index >= 15 is 0 Å². The molecule has 0 saturated carbocycles. The molecule has 2 atom stereocenters. The van der Waals surface area contributed by atoms with Gasteiger partial charge in [-0.15, -0.1) is 0 Å². The molecule has 0 aliphatic heterocycles. The van der Waals surface area contributed by atoms with Gasteiger partial charge in [-0.3, -0.25) is 4.98 Å². The maximum atomic E-state index is 10.7. The largest absolute Gasteiger partial charge is 0.388 e. The Hall–Kier alpha value is -1.35. The zero-order valence-electron chi connectivity index (χ0n) is 11.9. The van der Waals surface area contributed by atoms with Crippen LogP contribution in [0.4, 0.5) is 0 Å². The van der Waals surface area contributed by atoms with E-state index in [9.17, 15) is 5.11 Å². The first-order chi connectivity index (χ1) is 10.0. The second kappa shape index (κ2) is 7.08. The molecule has 0 fully saturated rings. The summed E-state index contributed by atoms with van der Waals surface area (Å²) in [5, 5.41) is 11.8. The lowest BCUT2D eigenvalue weighted by Gasteiger charge is -2.22. The Bertz CT molecular complexity index is 655. The molecule has 0 radical (unpaired) electrons. The number of aliphatic hydroxyl groups is 1. The number of pyridine rings is 1. The number of aromatic nitrogens is 1. The maximum absolute atomic E-state index is 10.7. The molecule has 0 amide bonds. The lowest BCUT2D eigenvalue weighted by atomic mass is 9.90. The quantitative estimate of drug-likeness (QED) is 0.833. The van der Waals surface area contributed by atoms with Gasteiger partial charge in [-0.1, -0.05) is 48.3 Å². The van der Waals surface area contributed by atoms with E-state index in [1.54, 1.807) is 18.3 Å². The molecule has 4 heteroatoms. The summed E-state index contributed by atoms with van der Waals surface area (Å²) in [4.78, 5) is 4.30. The van der Waals surface area contributed by atoms with E-state index < -0.39 is 6.10 Å². The standard InChI is InChI=1S/C17H17Cl2NO/c1-3-5-16-14(6-4-9-20-16)17(21)11(2)13-8-7-12(18)10-15(13)19/h3-11,17,21H,1-2H3. The van der Waals surface area contributed by atoms with Gasteiger partial charge in [0.25, 0.3) is 0 Å². The van der Waals surface area contributed by atoms with Gasteiger partial charge >= 0.3 is 0 Å². The van der Waals surface area contributed by atoms with Crippen molar-refractivity contribution < 1.29 is 5.11 Å². The first-order valence-electron chi connectivity index (χ1n) is 6.75. The predicted molar refractivity (Wildman–Crippen MR) is 88.8 cm³/mol. The van der Waals surface area contributed by atoms with Crippen molar-refractivity contribution in [3.8, 4) is 0 Å². The number of allylic oxidation sites excluding steroid dienone is 1. The molecule has 2 unspecified atom stereocenters. The molecule has 1 aromatic heterocycles. The van der Waals surface area contributed by atoms with Crippen LogP contribution in [0.1, 0.15) is 42.7 Å². The minimum atomic E-state index is -0.691. The molecular formula is C17H17Cl2NO. The van der Waals surface area contributed by atoms with Crippen LogP contribution < -0.4 is 0 Å². The van der Waals surface area contributed by atoms with Crippen LogP contribution in [0, 0.1) is 0 Å². The zero-order chi connectivity index (χ0) is 15.4. The van der Waals surface area contributed by atoms with E-state index in [0.717, 1.165) is 16.8 Å². The highest BCUT2D eigenvalue weighted by atomic mass is 35.5. The monoisotopic (exact) mass is 321 g/mol. The van der Waals surface area contributed by atoms with Crippen molar-refractivity contribution in [3.63, 3.8) is 0 Å². The topological polar surface area (TPSA) is 33.1 Å². The molecule has 2 rings (SSSR count). The van der Waals surface area contributed by atoms with Gasteiger partial charge in [-0.2, -0.15) is 0 Å². The molecule has 0 aliphatic carbocycles. The molecule has 0 aliphatic rings. The molecule has 0 saturated heterocycles. The molecule has 21 heavy (non-hydrogen) atoms. The molecule has 1 N–H and O–H groups in total. The van der Waals surface area contributed by atoms with Crippen molar-refractivity contribution in [2.45, 2.75) is 25.9 Å². The number of hydrogen-bond acceptors (Lipinski definition) is 2. The Balaban J connectivity index is 2.37. The zero-order valence-corrected chi connectivity index (χ0v) is 13.4. The highest BCUT2D eigenvalue weighted by Gasteiger charge is 2.22. The van der Waals surface area contributed by atoms with Gasteiger partial charge in [0.2, 0.25) is 0 Å². The summed E-state index contributed by atoms with van der Waals surface area (Å²) < 4.78 is 0. The molecule has 110 valence electrons. The third-order valence-corrected chi connectivity index (χ3v) is 4.00. The highest BCUT2D eigenvalue weighted by molar-refractivity contribution is 6.35. The summed E-state index contributed by atoms with van der Waals surface area (Å²) in [6.45, 7) is 3.86. The number of hydrogen-bond donors (Lipinski definition) is 1. The van der Waals surface area contributed by atoms with Crippen molar-refractivity contribution >= 4 is 29.3 Å². The van der Waals surface area contributed by atoms with Crippen LogP contribution in [0.5, 0.6) is 0 Å². The van der Waals surface area contributed by atoms with E-state index in [0.29, 0.717) is 10.0 Å². The summed E-state index contributed by atoms with van der Waals surface area (Å²) in [6.07, 6.45) is 4.81. The van der Waals surface area contributed by atoms with Crippen LogP contribution in [-0.2, 0) is 0 Å². The minimum Gasteiger partial charge on any atom is -0.388 e. The highest BCUT2D eigenvalue weighted by Crippen LogP contribution is 2.36. The fraction of sp³-hybridized carbons (Fsp3) is 0.235. The molecule has 0 spiro atoms. The van der Waals surface area contributed by atoms with E-state index in [-0.39, 0.29) is 5.92 Å². The summed E-state index contributed by atoms with van der Waals surface area (Å²) in [5.74, 6) is -0.164. The Kier molecular flexibility index (Phi) is 5.40. The van der Waals surface area contributed by atoms with Crippen LogP contribution in [-0.4, -0.2) is 10.1 Å². The number of benzene rings is 1. The smallest absolute Gasteiger partial charge is 0.0877 e. The molecule has 2 nitrogen and oxygen atoms in total. The van der Waals surface area contributed by atoms with Gasteiger partial charge in [0, 0.05) is 27.7 Å². The SMILES string of the molecule is CC=Cc1ncccc1C(O)C(C)c1ccc(Cl)cc1Cl. The summed E-state index contributed by atoms with van der Waals surface area (Å²) in [7, 11) is 0. The molecule has 1 aromatic carbocycles. The minimum absolute atomic E-state index is 0.164. The number of halogens is 2. The van der Waals surface area contributed by atoms with Gasteiger partial charge in [-0.05, 0) is 36.8 Å². The Morgan fingerprint density at radius 2 is 1.95 bits per heavy atom. The van der Waals surface area contributed by atoms with Crippen LogP contribution in [0.15, 0.2) is 42.6 Å². The van der Waals surface area contributed by atoms with Gasteiger partial charge in [0.05, 0.1) is 11.8 Å². The van der Waals surface area contributed by atoms with E-state index in [4.69, 9.17) is 23.2 Å². The normalized spacial score (nSPS) is 14.3. The number of nitrogens with zero attached hydrogens (tertiary/aromatic N) is 1. The van der Waals surface area contributed by atoms with Crippen molar-refractivity contribution in [1.82, 2.24) is 4.98 Å². The molecule has 2 aromatic rings. The van der Waals surface area contributed by atoms with Gasteiger partial charge < -0.3 is 5.11 Å². The second-order valence-corrected chi connectivity index (χ2v) is 5.72. The van der Waals surface area contributed by atoms with Gasteiger partial charge in [0.1, 0.15) is 0 Å².